The van der Waals surface area contributed by atoms with Crippen molar-refractivity contribution in [3.63, 3.8) is 0 Å². The number of halogens is 2. The molecule has 8 heteroatoms. The molecule has 2 N–H and O–H groups in total. The van der Waals surface area contributed by atoms with Crippen molar-refractivity contribution in [3.8, 4) is 0 Å². The molecule has 0 amide bonds. The second-order valence-corrected chi connectivity index (χ2v) is 5.62. The number of hydrogen-bond donors (Lipinski definition) is 2. The van der Waals surface area contributed by atoms with E-state index in [9.17, 15) is 10.1 Å². The van der Waals surface area contributed by atoms with E-state index in [2.05, 4.69) is 9.97 Å². The lowest BCUT2D eigenvalue weighted by molar-refractivity contribution is -0.0982. The summed E-state index contributed by atoms with van der Waals surface area (Å²) < 4.78 is 5.41. The van der Waals surface area contributed by atoms with Crippen LogP contribution >= 0.6 is 23.2 Å². The first-order chi connectivity index (χ1) is 8.04. The second-order valence-electron chi connectivity index (χ2n) is 4.92. The predicted octanol–water partition coefficient (Wildman–Crippen LogP) is 1.04. The fourth-order valence-corrected chi connectivity index (χ4v) is 1.40. The minimum Gasteiger partial charge on any atom is -0.423 e. The van der Waals surface area contributed by atoms with Crippen molar-refractivity contribution in [3.05, 3.63) is 16.6 Å². The smallest absolute Gasteiger partial charge is 0.423 e. The van der Waals surface area contributed by atoms with Gasteiger partial charge in [-0.2, -0.15) is 0 Å². The van der Waals surface area contributed by atoms with Crippen LogP contribution in [0.1, 0.15) is 27.7 Å². The summed E-state index contributed by atoms with van der Waals surface area (Å²) >= 11 is 11.4. The molecule has 1 aromatic heterocycles. The van der Waals surface area contributed by atoms with Gasteiger partial charge in [-0.1, -0.05) is 11.6 Å². The van der Waals surface area contributed by atoms with E-state index in [0.29, 0.717) is 0 Å². The van der Waals surface area contributed by atoms with Crippen LogP contribution in [0.5, 0.6) is 0 Å². The van der Waals surface area contributed by atoms with Crippen molar-refractivity contribution in [1.82, 2.24) is 9.97 Å². The number of rotatable bonds is 4. The summed E-state index contributed by atoms with van der Waals surface area (Å²) in [5.41, 5.74) is -1.94. The lowest BCUT2D eigenvalue weighted by Crippen LogP contribution is -2.53. The van der Waals surface area contributed by atoms with Crippen LogP contribution in [0.3, 0.4) is 0 Å². The van der Waals surface area contributed by atoms with Gasteiger partial charge in [0.25, 0.3) is 0 Å². The first-order valence-corrected chi connectivity index (χ1v) is 6.06. The summed E-state index contributed by atoms with van der Waals surface area (Å²) in [5, 5.41) is 19.9. The Labute approximate surface area is 116 Å². The highest BCUT2D eigenvalue weighted by atomic mass is 35.5. The molecule has 0 aromatic carbocycles. The fourth-order valence-electron chi connectivity index (χ4n) is 1.00. The Balaban J connectivity index is 2.92. The molecular weight excluding hydrogens is 278 g/mol. The zero-order valence-corrected chi connectivity index (χ0v) is 12.1. The van der Waals surface area contributed by atoms with Gasteiger partial charge in [-0.15, -0.1) is 0 Å². The fraction of sp³-hybridized carbons (Fsp3) is 0.600. The molecule has 0 saturated heterocycles. The maximum atomic E-state index is 9.95. The standard InChI is InChI=1S/C10H15BCl2N2O3/c1-9(2,16)10(3,4)18-11(17)6-5-14-8(13)15-7(6)12/h5,16-17H,1-4H3. The Morgan fingerprint density at radius 2 is 1.83 bits per heavy atom. The van der Waals surface area contributed by atoms with Gasteiger partial charge in [0.15, 0.2) is 0 Å². The van der Waals surface area contributed by atoms with Gasteiger partial charge in [-0.3, -0.25) is 0 Å². The zero-order chi connectivity index (χ0) is 14.1. The monoisotopic (exact) mass is 292 g/mol. The van der Waals surface area contributed by atoms with E-state index in [1.54, 1.807) is 27.7 Å². The van der Waals surface area contributed by atoms with E-state index in [1.165, 1.54) is 6.20 Å². The van der Waals surface area contributed by atoms with Crippen LogP contribution in [0.25, 0.3) is 0 Å². The minimum atomic E-state index is -1.35. The van der Waals surface area contributed by atoms with Crippen LogP contribution in [0.4, 0.5) is 0 Å². The number of aromatic nitrogens is 2. The van der Waals surface area contributed by atoms with Crippen LogP contribution in [0, 0.1) is 0 Å². The van der Waals surface area contributed by atoms with E-state index < -0.39 is 18.3 Å². The van der Waals surface area contributed by atoms with Crippen molar-refractivity contribution in [2.24, 2.45) is 0 Å². The van der Waals surface area contributed by atoms with Gasteiger partial charge in [0.05, 0.1) is 11.2 Å². The lowest BCUT2D eigenvalue weighted by Gasteiger charge is -2.38. The molecule has 0 unspecified atom stereocenters. The van der Waals surface area contributed by atoms with Crippen molar-refractivity contribution in [2.45, 2.75) is 38.9 Å². The summed E-state index contributed by atoms with van der Waals surface area (Å²) in [6.45, 7) is 6.47. The normalized spacial score (nSPS) is 12.7. The molecule has 1 rings (SSSR count). The van der Waals surface area contributed by atoms with E-state index in [4.69, 9.17) is 27.9 Å². The van der Waals surface area contributed by atoms with Crippen molar-refractivity contribution >= 4 is 35.8 Å². The summed E-state index contributed by atoms with van der Waals surface area (Å²) in [6.07, 6.45) is 1.28. The Hall–Kier alpha value is -0.395. The van der Waals surface area contributed by atoms with Gasteiger partial charge < -0.3 is 14.8 Å². The Morgan fingerprint density at radius 3 is 2.28 bits per heavy atom. The average Bonchev–Trinajstić information content (AvgIpc) is 2.14. The Bertz CT molecular complexity index is 438. The average molecular weight is 293 g/mol. The third-order valence-electron chi connectivity index (χ3n) is 2.88. The second kappa shape index (κ2) is 5.31. The molecule has 0 radical (unpaired) electrons. The van der Waals surface area contributed by atoms with Gasteiger partial charge in [0.2, 0.25) is 5.28 Å². The van der Waals surface area contributed by atoms with Crippen LogP contribution in [-0.2, 0) is 4.65 Å². The molecule has 1 heterocycles. The van der Waals surface area contributed by atoms with E-state index >= 15 is 0 Å². The molecule has 18 heavy (non-hydrogen) atoms. The van der Waals surface area contributed by atoms with Crippen molar-refractivity contribution < 1.29 is 14.8 Å². The van der Waals surface area contributed by atoms with Gasteiger partial charge >= 0.3 is 7.12 Å². The Morgan fingerprint density at radius 1 is 1.28 bits per heavy atom. The van der Waals surface area contributed by atoms with Crippen molar-refractivity contribution in [2.75, 3.05) is 0 Å². The van der Waals surface area contributed by atoms with Crippen LogP contribution in [0.15, 0.2) is 6.20 Å². The molecule has 0 fully saturated rings. The Kier molecular flexibility index (Phi) is 4.62. The molecule has 0 bridgehead atoms. The number of aliphatic hydroxyl groups is 1. The topological polar surface area (TPSA) is 75.5 Å². The molecule has 100 valence electrons. The van der Waals surface area contributed by atoms with Gasteiger partial charge in [0.1, 0.15) is 5.15 Å². The van der Waals surface area contributed by atoms with Crippen LogP contribution < -0.4 is 5.46 Å². The largest absolute Gasteiger partial charge is 0.496 e. The molecular formula is C10H15BCl2N2O3. The highest BCUT2D eigenvalue weighted by molar-refractivity contribution is 6.63. The van der Waals surface area contributed by atoms with E-state index in [-0.39, 0.29) is 15.9 Å². The predicted molar refractivity (Wildman–Crippen MR) is 71.1 cm³/mol. The molecule has 0 atom stereocenters. The summed E-state index contributed by atoms with van der Waals surface area (Å²) in [5.74, 6) is 0. The zero-order valence-electron chi connectivity index (χ0n) is 10.6. The molecule has 0 aliphatic carbocycles. The number of hydrogen-bond acceptors (Lipinski definition) is 5. The molecule has 0 saturated carbocycles. The SMILES string of the molecule is CC(C)(O)C(C)(C)OB(O)c1cnc(Cl)nc1Cl. The molecule has 1 aromatic rings. The van der Waals surface area contributed by atoms with Crippen LogP contribution in [-0.4, -0.2) is 38.4 Å². The molecule has 0 aliphatic rings. The molecule has 0 spiro atoms. The van der Waals surface area contributed by atoms with Gasteiger partial charge in [-0.25, -0.2) is 9.97 Å². The minimum absolute atomic E-state index is 0.00838. The first-order valence-electron chi connectivity index (χ1n) is 5.31. The van der Waals surface area contributed by atoms with E-state index in [0.717, 1.165) is 0 Å². The lowest BCUT2D eigenvalue weighted by atomic mass is 9.78. The quantitative estimate of drug-likeness (QED) is 0.493. The summed E-state index contributed by atoms with van der Waals surface area (Å²) in [6, 6.07) is 0. The van der Waals surface area contributed by atoms with Crippen molar-refractivity contribution in [1.29, 1.82) is 0 Å². The maximum absolute atomic E-state index is 9.95. The van der Waals surface area contributed by atoms with Gasteiger partial charge in [0, 0.05) is 11.7 Å². The maximum Gasteiger partial charge on any atom is 0.496 e. The highest BCUT2D eigenvalue weighted by Gasteiger charge is 2.40. The first kappa shape index (κ1) is 15.7. The van der Waals surface area contributed by atoms with E-state index in [1.807, 2.05) is 0 Å². The highest BCUT2D eigenvalue weighted by Crippen LogP contribution is 2.25. The summed E-state index contributed by atoms with van der Waals surface area (Å²) in [4.78, 5) is 7.42. The van der Waals surface area contributed by atoms with Gasteiger partial charge in [-0.05, 0) is 39.3 Å². The summed E-state index contributed by atoms with van der Waals surface area (Å²) in [7, 11) is -1.35. The third kappa shape index (κ3) is 3.55. The molecule has 0 aliphatic heterocycles. The third-order valence-corrected chi connectivity index (χ3v) is 3.37. The van der Waals surface area contributed by atoms with Crippen LogP contribution in [0.2, 0.25) is 10.4 Å². The number of nitrogens with zero attached hydrogens (tertiary/aromatic N) is 2. The molecule has 5 nitrogen and oxygen atoms in total.